The molecule has 11 heteroatoms. The number of alkyl halides is 3. The number of aromatic nitrogens is 1. The summed E-state index contributed by atoms with van der Waals surface area (Å²) >= 11 is 1.56. The maximum absolute atomic E-state index is 12.3. The molecule has 0 fully saturated rings. The Balaban J connectivity index is 1.73. The van der Waals surface area contributed by atoms with E-state index in [1.165, 1.54) is 24.3 Å². The van der Waals surface area contributed by atoms with E-state index in [1.807, 2.05) is 23.6 Å². The molecular formula is C19H15F3N6OS. The van der Waals surface area contributed by atoms with Gasteiger partial charge in [-0.25, -0.2) is 10.8 Å². The highest BCUT2D eigenvalue weighted by Crippen LogP contribution is 2.35. The van der Waals surface area contributed by atoms with Gasteiger partial charge >= 0.3 is 6.36 Å². The van der Waals surface area contributed by atoms with E-state index < -0.39 is 6.36 Å². The van der Waals surface area contributed by atoms with Gasteiger partial charge in [0.05, 0.1) is 5.52 Å². The Labute approximate surface area is 172 Å². The average molecular weight is 432 g/mol. The topological polar surface area (TPSA) is 111 Å². The first-order chi connectivity index (χ1) is 14.4. The highest BCUT2D eigenvalue weighted by atomic mass is 32.1. The maximum atomic E-state index is 12.3. The second-order valence-corrected chi connectivity index (χ2v) is 7.09. The van der Waals surface area contributed by atoms with Crippen LogP contribution < -0.4 is 27.2 Å². The molecule has 0 saturated carbocycles. The molecule has 0 aliphatic carbocycles. The number of amidine groups is 1. The molecule has 0 unspecified atom stereocenters. The molecule has 154 valence electrons. The monoisotopic (exact) mass is 432 g/mol. The Hall–Kier alpha value is -3.57. The number of hydrogen-bond donors (Lipinski definition) is 4. The van der Waals surface area contributed by atoms with Crippen molar-refractivity contribution in [2.24, 2.45) is 16.8 Å². The highest BCUT2D eigenvalue weighted by Gasteiger charge is 2.30. The summed E-state index contributed by atoms with van der Waals surface area (Å²) in [5.41, 5.74) is 4.34. The van der Waals surface area contributed by atoms with Gasteiger partial charge in [-0.3, -0.25) is 0 Å². The average Bonchev–Trinajstić information content (AvgIpc) is 3.20. The lowest BCUT2D eigenvalue weighted by Gasteiger charge is -2.12. The van der Waals surface area contributed by atoms with Crippen molar-refractivity contribution < 1.29 is 17.9 Å². The van der Waals surface area contributed by atoms with E-state index in [0.29, 0.717) is 28.4 Å². The minimum Gasteiger partial charge on any atom is -0.406 e. The summed E-state index contributed by atoms with van der Waals surface area (Å²) < 4.78 is 41.9. The lowest BCUT2D eigenvalue weighted by atomic mass is 10.1. The van der Waals surface area contributed by atoms with Crippen LogP contribution in [0.3, 0.4) is 0 Å². The molecule has 2 heterocycles. The standard InChI is InChI=1S/C19H15F3N6OS/c20-19(21,22)29-12-4-2-11(3-5-12)25-18-14-7-8-30-16(14)13-6-1-10(9-15(13)26-18)17(27-23)28-24/h1-9H,23-24H2,(H,25,26)(H,27,28). The van der Waals surface area contributed by atoms with Crippen molar-refractivity contribution in [2.45, 2.75) is 6.36 Å². The number of hydrazine groups is 1. The summed E-state index contributed by atoms with van der Waals surface area (Å²) in [7, 11) is 0. The first-order valence-corrected chi connectivity index (χ1v) is 9.44. The fourth-order valence-electron chi connectivity index (χ4n) is 3.02. The number of halogens is 3. The number of thiophene rings is 1. The fourth-order valence-corrected chi connectivity index (χ4v) is 3.95. The smallest absolute Gasteiger partial charge is 0.406 e. The maximum Gasteiger partial charge on any atom is 0.573 e. The molecule has 0 aliphatic rings. The predicted octanol–water partition coefficient (Wildman–Crippen LogP) is 4.18. The van der Waals surface area contributed by atoms with Gasteiger partial charge in [-0.05, 0) is 41.8 Å². The van der Waals surface area contributed by atoms with Gasteiger partial charge in [0, 0.05) is 26.7 Å². The second-order valence-electron chi connectivity index (χ2n) is 6.17. The number of hydrazone groups is 1. The zero-order chi connectivity index (χ0) is 21.3. The third kappa shape index (κ3) is 3.93. The van der Waals surface area contributed by atoms with Crippen LogP contribution in [0.15, 0.2) is 59.0 Å². The van der Waals surface area contributed by atoms with E-state index in [2.05, 4.69) is 25.6 Å². The molecule has 0 bridgehead atoms. The predicted molar refractivity (Wildman–Crippen MR) is 112 cm³/mol. The Morgan fingerprint density at radius 3 is 2.50 bits per heavy atom. The normalized spacial score (nSPS) is 12.3. The number of ether oxygens (including phenoxy) is 1. The van der Waals surface area contributed by atoms with E-state index in [0.717, 1.165) is 15.5 Å². The number of nitrogens with zero attached hydrogens (tertiary/aromatic N) is 2. The lowest BCUT2D eigenvalue weighted by molar-refractivity contribution is -0.274. The number of fused-ring (bicyclic) bond motifs is 3. The Kier molecular flexibility index (Phi) is 5.06. The van der Waals surface area contributed by atoms with Crippen LogP contribution in [-0.4, -0.2) is 17.2 Å². The Morgan fingerprint density at radius 2 is 1.83 bits per heavy atom. The van der Waals surface area contributed by atoms with Crippen molar-refractivity contribution in [3.8, 4) is 5.75 Å². The second kappa shape index (κ2) is 7.69. The first kappa shape index (κ1) is 19.7. The zero-order valence-corrected chi connectivity index (χ0v) is 16.0. The van der Waals surface area contributed by atoms with Crippen molar-refractivity contribution in [2.75, 3.05) is 5.32 Å². The molecule has 0 radical (unpaired) electrons. The number of benzene rings is 2. The van der Waals surface area contributed by atoms with Crippen molar-refractivity contribution in [3.05, 3.63) is 59.5 Å². The van der Waals surface area contributed by atoms with Crippen LogP contribution >= 0.6 is 11.3 Å². The van der Waals surface area contributed by atoms with Crippen molar-refractivity contribution in [1.29, 1.82) is 0 Å². The van der Waals surface area contributed by atoms with Gasteiger partial charge in [-0.15, -0.1) is 24.5 Å². The van der Waals surface area contributed by atoms with Gasteiger partial charge in [0.1, 0.15) is 11.6 Å². The Morgan fingerprint density at radius 1 is 1.07 bits per heavy atom. The molecule has 0 spiro atoms. The molecule has 2 aromatic heterocycles. The van der Waals surface area contributed by atoms with Crippen LogP contribution in [-0.2, 0) is 0 Å². The minimum absolute atomic E-state index is 0.298. The largest absolute Gasteiger partial charge is 0.573 e. The first-order valence-electron chi connectivity index (χ1n) is 8.56. The minimum atomic E-state index is -4.74. The van der Waals surface area contributed by atoms with Crippen LogP contribution in [0.2, 0.25) is 0 Å². The third-order valence-corrected chi connectivity index (χ3v) is 5.23. The van der Waals surface area contributed by atoms with Crippen molar-refractivity contribution in [3.63, 3.8) is 0 Å². The van der Waals surface area contributed by atoms with E-state index in [1.54, 1.807) is 17.4 Å². The number of nitrogens with two attached hydrogens (primary N) is 2. The summed E-state index contributed by atoms with van der Waals surface area (Å²) in [5, 5.41) is 10.5. The van der Waals surface area contributed by atoms with Gasteiger partial charge in [-0.1, -0.05) is 12.1 Å². The summed E-state index contributed by atoms with van der Waals surface area (Å²) in [4.78, 5) is 4.68. The molecule has 0 atom stereocenters. The highest BCUT2D eigenvalue weighted by molar-refractivity contribution is 7.18. The quantitative estimate of drug-likeness (QED) is 0.167. The molecule has 0 amide bonds. The molecule has 2 aromatic carbocycles. The number of hydrogen-bond acceptors (Lipinski definition) is 7. The molecule has 4 rings (SSSR count). The van der Waals surface area contributed by atoms with E-state index >= 15 is 0 Å². The fraction of sp³-hybridized carbons (Fsp3) is 0.0526. The molecule has 4 aromatic rings. The molecule has 0 aliphatic heterocycles. The van der Waals surface area contributed by atoms with Gasteiger partial charge in [0.25, 0.3) is 0 Å². The molecular weight excluding hydrogens is 417 g/mol. The van der Waals surface area contributed by atoms with E-state index in [-0.39, 0.29) is 5.75 Å². The van der Waals surface area contributed by atoms with E-state index in [9.17, 15) is 13.2 Å². The van der Waals surface area contributed by atoms with Crippen molar-refractivity contribution in [1.82, 2.24) is 10.4 Å². The van der Waals surface area contributed by atoms with Gasteiger partial charge in [-0.2, -0.15) is 5.10 Å². The molecule has 30 heavy (non-hydrogen) atoms. The third-order valence-electron chi connectivity index (χ3n) is 4.28. The van der Waals surface area contributed by atoms with Crippen LogP contribution in [0.25, 0.3) is 21.0 Å². The number of rotatable bonds is 4. The molecule has 0 saturated heterocycles. The summed E-state index contributed by atoms with van der Waals surface area (Å²) in [5.74, 6) is 11.4. The lowest BCUT2D eigenvalue weighted by Crippen LogP contribution is -2.32. The summed E-state index contributed by atoms with van der Waals surface area (Å²) in [6, 6.07) is 12.9. The molecule has 7 nitrogen and oxygen atoms in total. The SMILES string of the molecule is N/N=C(\NN)c1ccc2c(c1)nc(Nc1ccc(OC(F)(F)F)cc1)c1ccsc12. The zero-order valence-electron chi connectivity index (χ0n) is 15.2. The summed E-state index contributed by atoms with van der Waals surface area (Å²) in [6.07, 6.45) is -4.74. The van der Waals surface area contributed by atoms with Crippen LogP contribution in [0.5, 0.6) is 5.75 Å². The Bertz CT molecular complexity index is 1240. The number of pyridine rings is 1. The van der Waals surface area contributed by atoms with Gasteiger partial charge in [0.15, 0.2) is 5.84 Å². The summed E-state index contributed by atoms with van der Waals surface area (Å²) in [6.45, 7) is 0. The van der Waals surface area contributed by atoms with Crippen molar-refractivity contribution >= 4 is 49.7 Å². The van der Waals surface area contributed by atoms with Gasteiger partial charge < -0.3 is 21.3 Å². The number of nitrogens with one attached hydrogen (secondary N) is 2. The van der Waals surface area contributed by atoms with E-state index in [4.69, 9.17) is 11.7 Å². The number of anilines is 2. The van der Waals surface area contributed by atoms with Crippen LogP contribution in [0.4, 0.5) is 24.7 Å². The van der Waals surface area contributed by atoms with Crippen LogP contribution in [0.1, 0.15) is 5.56 Å². The van der Waals surface area contributed by atoms with Crippen LogP contribution in [0, 0.1) is 0 Å². The molecule has 6 N–H and O–H groups in total. The van der Waals surface area contributed by atoms with Gasteiger partial charge in [0.2, 0.25) is 0 Å².